The molecule has 1 N–H and O–H groups in total. The van der Waals surface area contributed by atoms with Crippen LogP contribution in [0.25, 0.3) is 0 Å². The van der Waals surface area contributed by atoms with E-state index in [4.69, 9.17) is 18.8 Å². The molecule has 0 aliphatic heterocycles. The van der Waals surface area contributed by atoms with Crippen LogP contribution in [-0.2, 0) is 21.0 Å². The lowest BCUT2D eigenvalue weighted by molar-refractivity contribution is -0.107. The normalized spacial score (nSPS) is 12.8. The van der Waals surface area contributed by atoms with E-state index in [2.05, 4.69) is 135 Å². The van der Waals surface area contributed by atoms with Crippen molar-refractivity contribution in [3.63, 3.8) is 0 Å². The Balaban J connectivity index is 0.000000621. The summed E-state index contributed by atoms with van der Waals surface area (Å²) in [6.07, 6.45) is -4.85. The van der Waals surface area contributed by atoms with Crippen LogP contribution < -0.4 is 14.2 Å². The molecule has 0 heterocycles. The number of benzene rings is 3. The molecule has 0 atom stereocenters. The van der Waals surface area contributed by atoms with E-state index >= 15 is 0 Å². The fraction of sp³-hybridized carbons (Fsp3) is 0.438. The molecule has 0 bridgehead atoms. The Hall–Kier alpha value is -2.89. The predicted molar refractivity (Wildman–Crippen MR) is 165 cm³/mol. The topological polar surface area (TPSA) is 82.1 Å². The Morgan fingerprint density at radius 1 is 0.558 bits per heavy atom. The third kappa shape index (κ3) is 14.9. The van der Waals surface area contributed by atoms with E-state index in [1.807, 2.05) is 0 Å². The smallest absolute Gasteiger partial charge is 0.405 e. The first-order chi connectivity index (χ1) is 19.4. The van der Waals surface area contributed by atoms with Crippen LogP contribution in [-0.4, -0.2) is 41.7 Å². The van der Waals surface area contributed by atoms with E-state index in [-0.39, 0.29) is 27.7 Å². The van der Waals surface area contributed by atoms with Gasteiger partial charge in [0.05, 0.1) is 10.9 Å². The van der Waals surface area contributed by atoms with Gasteiger partial charge in [0.25, 0.3) is 10.1 Å². The maximum atomic E-state index is 11.0. The van der Waals surface area contributed by atoms with Gasteiger partial charge in [0.15, 0.2) is 20.4 Å². The van der Waals surface area contributed by atoms with Crippen molar-refractivity contribution >= 4 is 21.0 Å². The summed E-state index contributed by atoms with van der Waals surface area (Å²) in [7, 11) is -5.18. The molecule has 0 fully saturated rings. The van der Waals surface area contributed by atoms with Gasteiger partial charge in [-0.15, -0.1) is 0 Å². The molecule has 0 saturated heterocycles. The van der Waals surface area contributed by atoms with Crippen molar-refractivity contribution in [2.24, 2.45) is 0 Å². The van der Waals surface area contributed by atoms with Gasteiger partial charge in [0.1, 0.15) is 34.1 Å². The van der Waals surface area contributed by atoms with Crippen molar-refractivity contribution in [3.8, 4) is 17.2 Å². The van der Waals surface area contributed by atoms with Crippen LogP contribution >= 0.6 is 0 Å². The Morgan fingerprint density at radius 3 is 0.930 bits per heavy atom. The summed E-state index contributed by atoms with van der Waals surface area (Å²) in [6.45, 7) is 18.6. The maximum Gasteiger partial charge on any atom is 0.405 e. The highest BCUT2D eigenvalue weighted by Crippen LogP contribution is 2.35. The zero-order chi connectivity index (χ0) is 32.9. The number of hydrogen-bond acceptors (Lipinski definition) is 5. The second-order valence-electron chi connectivity index (χ2n) is 12.7. The minimum Gasteiger partial charge on any atom is -0.488 e. The molecule has 238 valence electrons. The van der Waals surface area contributed by atoms with Crippen LogP contribution in [0, 0.1) is 0 Å². The summed E-state index contributed by atoms with van der Waals surface area (Å²) in [5, 5.41) is 0. The molecule has 0 saturated carbocycles. The monoisotopic (exact) mass is 643 g/mol. The first-order valence-corrected chi connectivity index (χ1v) is 16.4. The quantitative estimate of drug-likeness (QED) is 0.205. The van der Waals surface area contributed by atoms with Crippen LogP contribution in [0.2, 0.25) is 0 Å². The number of alkyl halides is 3. The number of rotatable bonds is 7. The summed E-state index contributed by atoms with van der Waals surface area (Å²) in [4.78, 5) is 3.70. The highest BCUT2D eigenvalue weighted by atomic mass is 32.2. The van der Waals surface area contributed by atoms with E-state index in [0.29, 0.717) is 0 Å². The molecule has 0 amide bonds. The fourth-order valence-electron chi connectivity index (χ4n) is 3.61. The van der Waals surface area contributed by atoms with E-state index in [9.17, 15) is 21.6 Å². The van der Waals surface area contributed by atoms with Crippen molar-refractivity contribution in [1.29, 1.82) is 0 Å². The van der Waals surface area contributed by atoms with Crippen LogP contribution in [0.5, 0.6) is 17.2 Å². The highest BCUT2D eigenvalue weighted by molar-refractivity contribution is 7.97. The molecule has 0 aliphatic rings. The minimum absolute atomic E-state index is 0.227. The zero-order valence-electron chi connectivity index (χ0n) is 26.1. The van der Waals surface area contributed by atoms with Gasteiger partial charge >= 0.3 is 6.18 Å². The largest absolute Gasteiger partial charge is 0.488 e. The lowest BCUT2D eigenvalue weighted by atomic mass is 10.2. The van der Waals surface area contributed by atoms with Gasteiger partial charge in [-0.1, -0.05) is 0 Å². The molecule has 43 heavy (non-hydrogen) atoms. The van der Waals surface area contributed by atoms with E-state index in [1.54, 1.807) is 0 Å². The van der Waals surface area contributed by atoms with Crippen LogP contribution in [0.15, 0.2) is 87.5 Å². The van der Waals surface area contributed by atoms with Crippen molar-refractivity contribution in [3.05, 3.63) is 72.8 Å². The lowest BCUT2D eigenvalue weighted by Gasteiger charge is -2.22. The molecule has 3 aromatic rings. The van der Waals surface area contributed by atoms with E-state index < -0.39 is 22.0 Å². The van der Waals surface area contributed by atoms with Gasteiger partial charge in [-0.2, -0.15) is 21.6 Å². The second-order valence-corrected chi connectivity index (χ2v) is 16.2. The molecule has 0 radical (unpaired) electrons. The summed E-state index contributed by atoms with van der Waals surface area (Å²) >= 11 is 0. The van der Waals surface area contributed by atoms with Gasteiger partial charge in [0, 0.05) is 0 Å². The average molecular weight is 644 g/mol. The zero-order valence-corrected chi connectivity index (χ0v) is 27.7. The van der Waals surface area contributed by atoms with Crippen LogP contribution in [0.4, 0.5) is 13.2 Å². The number of ether oxygens (including phenoxy) is 3. The third-order valence-corrected chi connectivity index (χ3v) is 7.72. The Morgan fingerprint density at radius 2 is 0.791 bits per heavy atom. The molecule has 0 aliphatic carbocycles. The number of hydrogen-bond donors (Lipinski definition) is 1. The van der Waals surface area contributed by atoms with Gasteiger partial charge in [-0.05, 0) is 135 Å². The van der Waals surface area contributed by atoms with Gasteiger partial charge in [-0.25, -0.2) is 0 Å². The molecule has 3 rings (SSSR count). The Kier molecular flexibility index (Phi) is 11.7. The van der Waals surface area contributed by atoms with Crippen molar-refractivity contribution < 1.29 is 40.4 Å². The fourth-order valence-corrected chi connectivity index (χ4v) is 6.06. The van der Waals surface area contributed by atoms with Gasteiger partial charge in [0.2, 0.25) is 0 Å². The average Bonchev–Trinajstić information content (AvgIpc) is 2.78. The molecule has 3 aromatic carbocycles. The molecule has 0 aromatic heterocycles. The lowest BCUT2D eigenvalue weighted by Crippen LogP contribution is -2.23. The SMILES string of the molecule is CC(C)(C)Oc1ccc([S+](c2ccc(OC(C)(C)C)cc2)c2ccc(OC(C)(C)C)cc2)cc1.O=S(=O)(O)CC(F)(F)F. The number of halogens is 3. The summed E-state index contributed by atoms with van der Waals surface area (Å²) in [6, 6.07) is 25.4. The molecule has 6 nitrogen and oxygen atoms in total. The van der Waals surface area contributed by atoms with Crippen LogP contribution in [0.3, 0.4) is 0 Å². The standard InChI is InChI=1S/C30H39O3S.C2H3F3O3S/c1-28(2,3)31-22-10-16-25(17-11-22)34(26-18-12-23(13-19-26)32-29(4,5)6)27-20-14-24(15-21-27)33-30(7,8)9;3-2(4,5)1-9(6,7)8/h10-21H,1-9H3;1H2,(H,6,7,8)/q+1;. The van der Waals surface area contributed by atoms with Gasteiger partial charge in [-0.3, -0.25) is 4.55 Å². The predicted octanol–water partition coefficient (Wildman–Crippen LogP) is 8.75. The first-order valence-electron chi connectivity index (χ1n) is 13.5. The summed E-state index contributed by atoms with van der Waals surface area (Å²) < 4.78 is 77.7. The molecular weight excluding hydrogens is 601 g/mol. The minimum atomic E-state index is -4.91. The second kappa shape index (κ2) is 13.8. The van der Waals surface area contributed by atoms with Crippen molar-refractivity contribution in [1.82, 2.24) is 0 Å². The molecule has 0 spiro atoms. The maximum absolute atomic E-state index is 11.0. The van der Waals surface area contributed by atoms with Crippen LogP contribution in [0.1, 0.15) is 62.3 Å². The Bertz CT molecular complexity index is 1260. The summed E-state index contributed by atoms with van der Waals surface area (Å²) in [5.74, 6) is 0.452. The molecular formula is C32H42F3O6S2+. The van der Waals surface area contributed by atoms with Gasteiger partial charge < -0.3 is 14.2 Å². The third-order valence-electron chi connectivity index (χ3n) is 4.80. The van der Waals surface area contributed by atoms with E-state index in [0.717, 1.165) is 17.2 Å². The summed E-state index contributed by atoms with van der Waals surface area (Å²) in [5.41, 5.74) is -0.682. The Labute approximate surface area is 256 Å². The van der Waals surface area contributed by atoms with Crippen molar-refractivity contribution in [2.75, 3.05) is 5.75 Å². The molecule has 0 unspecified atom stereocenters. The van der Waals surface area contributed by atoms with E-state index in [1.165, 1.54) is 14.7 Å². The molecule has 11 heteroatoms. The van der Waals surface area contributed by atoms with Crippen molar-refractivity contribution in [2.45, 2.75) is 100.0 Å². The first kappa shape index (κ1) is 36.3. The highest BCUT2D eigenvalue weighted by Gasteiger charge is 2.34.